The summed E-state index contributed by atoms with van der Waals surface area (Å²) in [7, 11) is 0. The zero-order valence-corrected chi connectivity index (χ0v) is 15.9. The van der Waals surface area contributed by atoms with Crippen molar-refractivity contribution in [1.29, 1.82) is 0 Å². The Labute approximate surface area is 147 Å². The van der Waals surface area contributed by atoms with E-state index in [1.807, 2.05) is 0 Å². The van der Waals surface area contributed by atoms with Crippen molar-refractivity contribution >= 4 is 11.9 Å². The second kappa shape index (κ2) is 15.1. The molecule has 0 amide bonds. The fourth-order valence-corrected chi connectivity index (χ4v) is 2.17. The van der Waals surface area contributed by atoms with Crippen LogP contribution in [0.5, 0.6) is 0 Å². The molecule has 0 aliphatic carbocycles. The van der Waals surface area contributed by atoms with Gasteiger partial charge in [-0.05, 0) is 24.7 Å². The van der Waals surface area contributed by atoms with Crippen LogP contribution in [0, 0.1) is 23.7 Å². The largest absolute Gasteiger partial charge is 0.456 e. The summed E-state index contributed by atoms with van der Waals surface area (Å²) in [5.41, 5.74) is 0. The van der Waals surface area contributed by atoms with Gasteiger partial charge in [-0.1, -0.05) is 66.2 Å². The summed E-state index contributed by atoms with van der Waals surface area (Å²) in [5.74, 6) is 4.44. The third-order valence-electron chi connectivity index (χ3n) is 3.58. The number of rotatable bonds is 12. The molecule has 0 fully saturated rings. The highest BCUT2D eigenvalue weighted by Crippen LogP contribution is 2.08. The summed E-state index contributed by atoms with van der Waals surface area (Å²) >= 11 is 0. The fraction of sp³-hybridized carbons (Fsp3) is 0.800. The molecular weight excluding hydrogens is 304 g/mol. The molecule has 0 saturated heterocycles. The molecule has 0 heterocycles. The number of hydrogen-bond acceptors (Lipinski definition) is 4. The number of unbranched alkanes of at least 4 members (excludes halogenated alkanes) is 4. The minimum atomic E-state index is -0.659. The molecule has 0 aliphatic heterocycles. The second-order valence-electron chi connectivity index (χ2n) is 7.01. The first-order valence-electron chi connectivity index (χ1n) is 9.27. The first kappa shape index (κ1) is 22.5. The van der Waals surface area contributed by atoms with Crippen molar-refractivity contribution in [3.05, 3.63) is 0 Å². The zero-order chi connectivity index (χ0) is 18.2. The quantitative estimate of drug-likeness (QED) is 0.227. The first-order chi connectivity index (χ1) is 11.4. The van der Waals surface area contributed by atoms with Crippen LogP contribution >= 0.6 is 0 Å². The third kappa shape index (κ3) is 16.9. The Morgan fingerprint density at radius 3 is 1.38 bits per heavy atom. The van der Waals surface area contributed by atoms with Crippen LogP contribution in [-0.2, 0) is 19.1 Å². The molecule has 0 bridgehead atoms. The highest BCUT2D eigenvalue weighted by Gasteiger charge is 2.01. The Kier molecular flexibility index (Phi) is 14.1. The van der Waals surface area contributed by atoms with Crippen LogP contribution in [0.4, 0.5) is 0 Å². The summed E-state index contributed by atoms with van der Waals surface area (Å²) in [6, 6.07) is 0. The van der Waals surface area contributed by atoms with Gasteiger partial charge in [-0.15, -0.1) is 0 Å². The minimum absolute atomic E-state index is 0.358. The third-order valence-corrected chi connectivity index (χ3v) is 3.58. The van der Waals surface area contributed by atoms with Crippen LogP contribution in [0.15, 0.2) is 0 Å². The lowest BCUT2D eigenvalue weighted by Gasteiger charge is -2.04. The summed E-state index contributed by atoms with van der Waals surface area (Å²) in [4.78, 5) is 22.7. The normalized spacial score (nSPS) is 10.4. The summed E-state index contributed by atoms with van der Waals surface area (Å²) in [6.45, 7) is 9.49. The molecule has 0 aromatic heterocycles. The van der Waals surface area contributed by atoms with Gasteiger partial charge < -0.3 is 9.47 Å². The van der Waals surface area contributed by atoms with E-state index in [0.717, 1.165) is 38.5 Å². The molecule has 0 aliphatic rings. The number of carbonyl (C=O) groups excluding carboxylic acids is 2. The molecule has 0 unspecified atom stereocenters. The number of carbonyl (C=O) groups is 2. The van der Waals surface area contributed by atoms with Crippen molar-refractivity contribution in [2.45, 2.75) is 79.1 Å². The topological polar surface area (TPSA) is 52.6 Å². The maximum atomic E-state index is 11.4. The van der Waals surface area contributed by atoms with E-state index >= 15 is 0 Å². The predicted molar refractivity (Wildman–Crippen MR) is 96.3 cm³/mol. The van der Waals surface area contributed by atoms with E-state index in [1.54, 1.807) is 0 Å². The van der Waals surface area contributed by atoms with Gasteiger partial charge in [0.25, 0.3) is 0 Å². The van der Waals surface area contributed by atoms with E-state index in [0.29, 0.717) is 25.0 Å². The number of ether oxygens (including phenoxy) is 2. The summed E-state index contributed by atoms with van der Waals surface area (Å²) < 4.78 is 9.92. The predicted octanol–water partition coefficient (Wildman–Crippen LogP) is 4.51. The van der Waals surface area contributed by atoms with E-state index in [1.165, 1.54) is 12.8 Å². The van der Waals surface area contributed by atoms with Crippen LogP contribution in [0.3, 0.4) is 0 Å². The molecular formula is C20H34O4. The van der Waals surface area contributed by atoms with E-state index in [2.05, 4.69) is 39.5 Å². The van der Waals surface area contributed by atoms with E-state index in [-0.39, 0.29) is 0 Å². The van der Waals surface area contributed by atoms with Crippen LogP contribution in [0.1, 0.15) is 79.1 Å². The molecule has 0 aromatic carbocycles. The van der Waals surface area contributed by atoms with Crippen molar-refractivity contribution in [2.24, 2.45) is 11.8 Å². The van der Waals surface area contributed by atoms with E-state index < -0.39 is 11.9 Å². The average Bonchev–Trinajstić information content (AvgIpc) is 2.51. The highest BCUT2D eigenvalue weighted by molar-refractivity contribution is 5.98. The lowest BCUT2D eigenvalue weighted by Crippen LogP contribution is -2.06. The van der Waals surface area contributed by atoms with Crippen LogP contribution < -0.4 is 0 Å². The molecule has 4 heteroatoms. The molecule has 0 spiro atoms. The van der Waals surface area contributed by atoms with Crippen LogP contribution in [0.2, 0.25) is 0 Å². The van der Waals surface area contributed by atoms with Crippen molar-refractivity contribution in [3.8, 4) is 11.8 Å². The molecule has 0 N–H and O–H groups in total. The molecule has 138 valence electrons. The van der Waals surface area contributed by atoms with Gasteiger partial charge in [0.2, 0.25) is 0 Å². The number of esters is 2. The van der Waals surface area contributed by atoms with E-state index in [4.69, 9.17) is 9.47 Å². The first-order valence-corrected chi connectivity index (χ1v) is 9.27. The maximum absolute atomic E-state index is 11.4. The van der Waals surface area contributed by atoms with Gasteiger partial charge in [0, 0.05) is 11.8 Å². The van der Waals surface area contributed by atoms with Gasteiger partial charge in [-0.25, -0.2) is 9.59 Å². The average molecular weight is 338 g/mol. The Morgan fingerprint density at radius 1 is 0.667 bits per heavy atom. The van der Waals surface area contributed by atoms with Gasteiger partial charge in [0.15, 0.2) is 0 Å². The SMILES string of the molecule is CC(C)CCCCCOC(=O)C#CC(=O)OCCCCCC(C)C. The lowest BCUT2D eigenvalue weighted by atomic mass is 10.1. The Morgan fingerprint density at radius 2 is 1.04 bits per heavy atom. The van der Waals surface area contributed by atoms with Gasteiger partial charge in [0.1, 0.15) is 0 Å². The van der Waals surface area contributed by atoms with Crippen LogP contribution in [-0.4, -0.2) is 25.2 Å². The van der Waals surface area contributed by atoms with Crippen molar-refractivity contribution in [1.82, 2.24) is 0 Å². The molecule has 0 aromatic rings. The number of hydrogen-bond donors (Lipinski definition) is 0. The summed E-state index contributed by atoms with van der Waals surface area (Å²) in [6.07, 6.45) is 8.42. The minimum Gasteiger partial charge on any atom is -0.456 e. The van der Waals surface area contributed by atoms with Crippen molar-refractivity contribution in [2.75, 3.05) is 13.2 Å². The van der Waals surface area contributed by atoms with E-state index in [9.17, 15) is 9.59 Å². The van der Waals surface area contributed by atoms with Gasteiger partial charge in [-0.3, -0.25) is 0 Å². The Hall–Kier alpha value is -1.50. The molecule has 0 saturated carbocycles. The van der Waals surface area contributed by atoms with Gasteiger partial charge >= 0.3 is 11.9 Å². The van der Waals surface area contributed by atoms with Crippen molar-refractivity contribution in [3.63, 3.8) is 0 Å². The monoisotopic (exact) mass is 338 g/mol. The smallest absolute Gasteiger partial charge is 0.384 e. The fourth-order valence-electron chi connectivity index (χ4n) is 2.17. The highest BCUT2D eigenvalue weighted by atomic mass is 16.5. The summed E-state index contributed by atoms with van der Waals surface area (Å²) in [5, 5.41) is 0. The Balaban J connectivity index is 3.60. The molecule has 0 rings (SSSR count). The zero-order valence-electron chi connectivity index (χ0n) is 15.9. The van der Waals surface area contributed by atoms with Crippen LogP contribution in [0.25, 0.3) is 0 Å². The maximum Gasteiger partial charge on any atom is 0.384 e. The molecule has 24 heavy (non-hydrogen) atoms. The second-order valence-corrected chi connectivity index (χ2v) is 7.01. The Bertz CT molecular complexity index is 366. The molecule has 0 radical (unpaired) electrons. The lowest BCUT2D eigenvalue weighted by molar-refractivity contribution is -0.138. The molecule has 4 nitrogen and oxygen atoms in total. The van der Waals surface area contributed by atoms with Gasteiger partial charge in [0.05, 0.1) is 13.2 Å². The molecule has 0 atom stereocenters. The van der Waals surface area contributed by atoms with Gasteiger partial charge in [-0.2, -0.15) is 0 Å². The van der Waals surface area contributed by atoms with Crippen molar-refractivity contribution < 1.29 is 19.1 Å². The standard InChI is InChI=1S/C20H34O4/c1-17(2)11-7-5-9-15-23-19(21)13-14-20(22)24-16-10-6-8-12-18(3)4/h17-18H,5-12,15-16H2,1-4H3.